The highest BCUT2D eigenvalue weighted by molar-refractivity contribution is 9.10. The number of rotatable bonds is 2. The molecular formula is C9H13BrN2O. The minimum Gasteiger partial charge on any atom is -0.351 e. The van der Waals surface area contributed by atoms with Crippen molar-refractivity contribution in [2.75, 3.05) is 0 Å². The van der Waals surface area contributed by atoms with E-state index < -0.39 is 4.83 Å². The molecule has 1 saturated carbocycles. The molecule has 1 fully saturated rings. The van der Waals surface area contributed by atoms with E-state index in [-0.39, 0.29) is 11.9 Å². The van der Waals surface area contributed by atoms with Gasteiger partial charge in [-0.05, 0) is 12.8 Å². The third-order valence-corrected chi connectivity index (χ3v) is 2.92. The summed E-state index contributed by atoms with van der Waals surface area (Å²) >= 11 is 3.00. The second kappa shape index (κ2) is 5.23. The molecule has 1 atom stereocenters. The molecule has 0 heterocycles. The highest BCUT2D eigenvalue weighted by atomic mass is 79.9. The van der Waals surface area contributed by atoms with E-state index in [0.717, 1.165) is 12.8 Å². The number of nitrogens with one attached hydrogen (secondary N) is 1. The molecule has 1 N–H and O–H groups in total. The summed E-state index contributed by atoms with van der Waals surface area (Å²) in [6.45, 7) is 0. The number of amides is 1. The molecule has 13 heavy (non-hydrogen) atoms. The lowest BCUT2D eigenvalue weighted by atomic mass is 9.95. The number of nitriles is 1. The summed E-state index contributed by atoms with van der Waals surface area (Å²) in [5.74, 6) is -0.200. The predicted molar refractivity (Wildman–Crippen MR) is 53.3 cm³/mol. The van der Waals surface area contributed by atoms with Crippen LogP contribution in [0.2, 0.25) is 0 Å². The molecule has 0 saturated heterocycles. The van der Waals surface area contributed by atoms with Crippen molar-refractivity contribution in [3.63, 3.8) is 0 Å². The number of nitrogens with zero attached hydrogens (tertiary/aromatic N) is 1. The number of carbonyl (C=O) groups is 1. The van der Waals surface area contributed by atoms with Crippen LogP contribution < -0.4 is 5.32 Å². The maximum Gasteiger partial charge on any atom is 0.248 e. The molecule has 1 rings (SSSR count). The van der Waals surface area contributed by atoms with Gasteiger partial charge in [0.05, 0.1) is 6.07 Å². The first kappa shape index (κ1) is 10.5. The molecule has 0 aromatic rings. The molecular weight excluding hydrogens is 232 g/mol. The van der Waals surface area contributed by atoms with Crippen molar-refractivity contribution < 1.29 is 4.79 Å². The Labute approximate surface area is 86.6 Å². The predicted octanol–water partition coefficient (Wildman–Crippen LogP) is 1.72. The summed E-state index contributed by atoms with van der Waals surface area (Å²) in [7, 11) is 0. The molecule has 0 aliphatic heterocycles. The number of halogens is 1. The number of hydrogen-bond acceptors (Lipinski definition) is 2. The minimum absolute atomic E-state index is 0.200. The van der Waals surface area contributed by atoms with Crippen molar-refractivity contribution in [3.8, 4) is 6.07 Å². The van der Waals surface area contributed by atoms with E-state index in [0.29, 0.717) is 0 Å². The van der Waals surface area contributed by atoms with Crippen LogP contribution in [0.15, 0.2) is 0 Å². The molecule has 1 aliphatic carbocycles. The second-order valence-electron chi connectivity index (χ2n) is 3.34. The van der Waals surface area contributed by atoms with Gasteiger partial charge in [0.2, 0.25) is 5.91 Å². The molecule has 0 bridgehead atoms. The smallest absolute Gasteiger partial charge is 0.248 e. The number of alkyl halides is 1. The normalized spacial score (nSPS) is 20.3. The van der Waals surface area contributed by atoms with Crippen LogP contribution in [0.3, 0.4) is 0 Å². The van der Waals surface area contributed by atoms with E-state index in [1.54, 1.807) is 0 Å². The fourth-order valence-electron chi connectivity index (χ4n) is 1.58. The van der Waals surface area contributed by atoms with Crippen LogP contribution in [0, 0.1) is 11.3 Å². The van der Waals surface area contributed by atoms with Gasteiger partial charge in [0, 0.05) is 6.04 Å². The lowest BCUT2D eigenvalue weighted by molar-refractivity contribution is -0.120. The highest BCUT2D eigenvalue weighted by Crippen LogP contribution is 2.17. The SMILES string of the molecule is N#CC(Br)C(=O)NC1CCCCC1. The molecule has 4 heteroatoms. The van der Waals surface area contributed by atoms with Crippen molar-refractivity contribution in [2.45, 2.75) is 43.0 Å². The molecule has 0 aromatic heterocycles. The lowest BCUT2D eigenvalue weighted by Gasteiger charge is -2.22. The molecule has 0 aromatic carbocycles. The Kier molecular flexibility index (Phi) is 4.23. The van der Waals surface area contributed by atoms with E-state index >= 15 is 0 Å². The molecule has 1 amide bonds. The van der Waals surface area contributed by atoms with Crippen molar-refractivity contribution in [1.82, 2.24) is 5.32 Å². The van der Waals surface area contributed by atoms with E-state index in [9.17, 15) is 4.79 Å². The first-order valence-electron chi connectivity index (χ1n) is 4.58. The van der Waals surface area contributed by atoms with Gasteiger partial charge in [-0.15, -0.1) is 0 Å². The van der Waals surface area contributed by atoms with Gasteiger partial charge in [-0.3, -0.25) is 4.79 Å². The Morgan fingerprint density at radius 1 is 1.46 bits per heavy atom. The van der Waals surface area contributed by atoms with Crippen LogP contribution in [0.5, 0.6) is 0 Å². The summed E-state index contributed by atoms with van der Waals surface area (Å²) in [5, 5.41) is 11.3. The van der Waals surface area contributed by atoms with Crippen molar-refractivity contribution in [2.24, 2.45) is 0 Å². The summed E-state index contributed by atoms with van der Waals surface area (Å²) in [5.41, 5.74) is 0. The Hall–Kier alpha value is -0.560. The fraction of sp³-hybridized carbons (Fsp3) is 0.778. The first-order chi connectivity index (χ1) is 6.24. The van der Waals surface area contributed by atoms with E-state index in [4.69, 9.17) is 5.26 Å². The first-order valence-corrected chi connectivity index (χ1v) is 5.49. The maximum atomic E-state index is 11.3. The Bertz CT molecular complexity index is 218. The quantitative estimate of drug-likeness (QED) is 0.753. The molecule has 3 nitrogen and oxygen atoms in total. The Morgan fingerprint density at radius 2 is 2.08 bits per heavy atom. The van der Waals surface area contributed by atoms with Gasteiger partial charge in [-0.25, -0.2) is 0 Å². The van der Waals surface area contributed by atoms with Crippen LogP contribution >= 0.6 is 15.9 Å². The molecule has 1 unspecified atom stereocenters. The largest absolute Gasteiger partial charge is 0.351 e. The zero-order valence-electron chi connectivity index (χ0n) is 7.42. The van der Waals surface area contributed by atoms with Gasteiger partial charge < -0.3 is 5.32 Å². The zero-order chi connectivity index (χ0) is 9.68. The lowest BCUT2D eigenvalue weighted by Crippen LogP contribution is -2.39. The third-order valence-electron chi connectivity index (χ3n) is 2.30. The maximum absolute atomic E-state index is 11.3. The second-order valence-corrected chi connectivity index (χ2v) is 4.25. The highest BCUT2D eigenvalue weighted by Gasteiger charge is 2.19. The zero-order valence-corrected chi connectivity index (χ0v) is 9.01. The summed E-state index contributed by atoms with van der Waals surface area (Å²) in [6.07, 6.45) is 5.74. The Morgan fingerprint density at radius 3 is 2.62 bits per heavy atom. The van der Waals surface area contributed by atoms with Crippen molar-refractivity contribution >= 4 is 21.8 Å². The Balaban J connectivity index is 2.31. The van der Waals surface area contributed by atoms with Crippen LogP contribution in [0.1, 0.15) is 32.1 Å². The third kappa shape index (κ3) is 3.35. The molecule has 0 spiro atoms. The van der Waals surface area contributed by atoms with Gasteiger partial charge in [-0.1, -0.05) is 35.2 Å². The average molecular weight is 245 g/mol. The monoisotopic (exact) mass is 244 g/mol. The van der Waals surface area contributed by atoms with Gasteiger partial charge in [0.1, 0.15) is 0 Å². The fourth-order valence-corrected chi connectivity index (χ4v) is 1.71. The minimum atomic E-state index is -0.700. The van der Waals surface area contributed by atoms with Crippen LogP contribution in [0.25, 0.3) is 0 Å². The van der Waals surface area contributed by atoms with Gasteiger partial charge in [-0.2, -0.15) is 5.26 Å². The van der Waals surface area contributed by atoms with Crippen LogP contribution in [0.4, 0.5) is 0 Å². The van der Waals surface area contributed by atoms with Gasteiger partial charge in [0.25, 0.3) is 0 Å². The summed E-state index contributed by atoms with van der Waals surface area (Å²) in [4.78, 5) is 10.6. The molecule has 0 radical (unpaired) electrons. The topological polar surface area (TPSA) is 52.9 Å². The van der Waals surface area contributed by atoms with E-state index in [1.165, 1.54) is 19.3 Å². The average Bonchev–Trinajstić information content (AvgIpc) is 2.18. The van der Waals surface area contributed by atoms with Crippen molar-refractivity contribution in [1.29, 1.82) is 5.26 Å². The van der Waals surface area contributed by atoms with Crippen LogP contribution in [-0.2, 0) is 4.79 Å². The van der Waals surface area contributed by atoms with Gasteiger partial charge >= 0.3 is 0 Å². The number of carbonyl (C=O) groups excluding carboxylic acids is 1. The molecule has 1 aliphatic rings. The standard InChI is InChI=1S/C9H13BrN2O/c10-8(6-11)9(13)12-7-4-2-1-3-5-7/h7-8H,1-5H2,(H,12,13). The molecule has 72 valence electrons. The summed E-state index contributed by atoms with van der Waals surface area (Å²) in [6, 6.07) is 2.15. The summed E-state index contributed by atoms with van der Waals surface area (Å²) < 4.78 is 0. The van der Waals surface area contributed by atoms with E-state index in [2.05, 4.69) is 21.2 Å². The van der Waals surface area contributed by atoms with Gasteiger partial charge in [0.15, 0.2) is 4.83 Å². The number of hydrogen-bond donors (Lipinski definition) is 1. The van der Waals surface area contributed by atoms with E-state index in [1.807, 2.05) is 6.07 Å². The van der Waals surface area contributed by atoms with Crippen molar-refractivity contribution in [3.05, 3.63) is 0 Å². The van der Waals surface area contributed by atoms with Crippen LogP contribution in [-0.4, -0.2) is 16.8 Å².